The molecular weight excluding hydrogens is 452 g/mol. The Morgan fingerprint density at radius 1 is 0.912 bits per heavy atom. The van der Waals surface area contributed by atoms with Crippen molar-refractivity contribution in [3.63, 3.8) is 0 Å². The highest BCUT2D eigenvalue weighted by atomic mass is 35.5. The van der Waals surface area contributed by atoms with Crippen molar-refractivity contribution in [3.8, 4) is 0 Å². The lowest BCUT2D eigenvalue weighted by atomic mass is 10.1. The van der Waals surface area contributed by atoms with Crippen LogP contribution in [0.15, 0.2) is 48.5 Å². The number of nitrogens with zero attached hydrogens (tertiary/aromatic N) is 2. The van der Waals surface area contributed by atoms with Crippen molar-refractivity contribution in [1.29, 1.82) is 0 Å². The molecule has 0 unspecified atom stereocenters. The summed E-state index contributed by atoms with van der Waals surface area (Å²) in [5.41, 5.74) is 1.83. The van der Waals surface area contributed by atoms with Gasteiger partial charge in [-0.2, -0.15) is 0 Å². The molecule has 2 N–H and O–H groups in total. The average molecular weight is 483 g/mol. The van der Waals surface area contributed by atoms with Crippen LogP contribution in [0.25, 0.3) is 0 Å². The number of carbonyl (C=O) groups excluding carboxylic acids is 3. The highest BCUT2D eigenvalue weighted by Crippen LogP contribution is 2.21. The maximum absolute atomic E-state index is 12.7. The van der Waals surface area contributed by atoms with Crippen LogP contribution in [0.2, 0.25) is 5.02 Å². The Morgan fingerprint density at radius 3 is 2.32 bits per heavy atom. The normalized spacial score (nSPS) is 16.9. The van der Waals surface area contributed by atoms with Crippen molar-refractivity contribution in [2.45, 2.75) is 38.1 Å². The van der Waals surface area contributed by atoms with E-state index in [9.17, 15) is 14.4 Å². The van der Waals surface area contributed by atoms with E-state index >= 15 is 0 Å². The summed E-state index contributed by atoms with van der Waals surface area (Å²) in [6.07, 6.45) is 4.57. The zero-order valence-corrected chi connectivity index (χ0v) is 20.0. The second-order valence-corrected chi connectivity index (χ2v) is 9.38. The molecule has 34 heavy (non-hydrogen) atoms. The number of anilines is 1. The highest BCUT2D eigenvalue weighted by molar-refractivity contribution is 6.31. The molecule has 2 aliphatic rings. The number of rotatable bonds is 7. The van der Waals surface area contributed by atoms with Crippen molar-refractivity contribution in [2.24, 2.45) is 0 Å². The van der Waals surface area contributed by atoms with Gasteiger partial charge in [-0.1, -0.05) is 54.8 Å². The van der Waals surface area contributed by atoms with Gasteiger partial charge in [0.25, 0.3) is 5.91 Å². The van der Waals surface area contributed by atoms with Crippen LogP contribution in [-0.4, -0.2) is 66.3 Å². The summed E-state index contributed by atoms with van der Waals surface area (Å²) in [5.74, 6) is -0.273. The lowest BCUT2D eigenvalue weighted by Crippen LogP contribution is -2.50. The molecule has 2 fully saturated rings. The monoisotopic (exact) mass is 482 g/mol. The molecular formula is C26H31ClN4O3. The number of amides is 3. The van der Waals surface area contributed by atoms with Gasteiger partial charge in [-0.25, -0.2) is 0 Å². The van der Waals surface area contributed by atoms with Gasteiger partial charge in [-0.05, 0) is 36.6 Å². The second kappa shape index (κ2) is 11.5. The molecule has 0 bridgehead atoms. The first-order chi connectivity index (χ1) is 16.5. The minimum Gasteiger partial charge on any atom is -0.349 e. The third kappa shape index (κ3) is 6.36. The minimum absolute atomic E-state index is 0.0411. The Bertz CT molecular complexity index is 1030. The fourth-order valence-electron chi connectivity index (χ4n) is 4.59. The Kier molecular flexibility index (Phi) is 8.19. The fraction of sp³-hybridized carbons (Fsp3) is 0.423. The number of hydrogen-bond donors (Lipinski definition) is 2. The zero-order valence-electron chi connectivity index (χ0n) is 19.3. The molecule has 1 heterocycles. The topological polar surface area (TPSA) is 81.8 Å². The number of benzene rings is 2. The van der Waals surface area contributed by atoms with E-state index < -0.39 is 0 Å². The molecule has 0 spiro atoms. The van der Waals surface area contributed by atoms with Crippen LogP contribution in [0, 0.1) is 0 Å². The van der Waals surface area contributed by atoms with Crippen molar-refractivity contribution in [2.75, 3.05) is 38.0 Å². The van der Waals surface area contributed by atoms with Gasteiger partial charge in [0.15, 0.2) is 0 Å². The van der Waals surface area contributed by atoms with Crippen molar-refractivity contribution >= 4 is 35.0 Å². The molecule has 180 valence electrons. The summed E-state index contributed by atoms with van der Waals surface area (Å²) in [4.78, 5) is 41.9. The summed E-state index contributed by atoms with van der Waals surface area (Å²) in [6.45, 7) is 2.58. The van der Waals surface area contributed by atoms with Gasteiger partial charge in [0.2, 0.25) is 11.8 Å². The van der Waals surface area contributed by atoms with Gasteiger partial charge in [-0.3, -0.25) is 19.3 Å². The number of nitrogens with one attached hydrogen (secondary N) is 2. The van der Waals surface area contributed by atoms with Crippen LogP contribution < -0.4 is 10.6 Å². The molecule has 2 aromatic carbocycles. The third-order valence-electron chi connectivity index (χ3n) is 6.53. The van der Waals surface area contributed by atoms with Crippen LogP contribution in [0.5, 0.6) is 0 Å². The maximum atomic E-state index is 12.7. The average Bonchev–Trinajstić information content (AvgIpc) is 3.34. The first kappa shape index (κ1) is 24.2. The first-order valence-electron chi connectivity index (χ1n) is 11.9. The first-order valence-corrected chi connectivity index (χ1v) is 12.3. The van der Waals surface area contributed by atoms with Gasteiger partial charge in [0, 0.05) is 37.2 Å². The quantitative estimate of drug-likeness (QED) is 0.634. The van der Waals surface area contributed by atoms with E-state index in [4.69, 9.17) is 11.6 Å². The van der Waals surface area contributed by atoms with Crippen molar-refractivity contribution < 1.29 is 14.4 Å². The molecule has 0 radical (unpaired) electrons. The van der Waals surface area contributed by atoms with E-state index in [1.165, 1.54) is 0 Å². The fourth-order valence-corrected chi connectivity index (χ4v) is 4.79. The third-order valence-corrected chi connectivity index (χ3v) is 6.90. The van der Waals surface area contributed by atoms with Gasteiger partial charge in [0.05, 0.1) is 24.2 Å². The second-order valence-electron chi connectivity index (χ2n) is 8.97. The van der Waals surface area contributed by atoms with E-state index in [-0.39, 0.29) is 36.7 Å². The maximum Gasteiger partial charge on any atom is 0.253 e. The van der Waals surface area contributed by atoms with E-state index in [2.05, 4.69) is 10.6 Å². The standard InChI is InChI=1S/C26H31ClN4O3/c27-22-11-5-1-7-19(22)17-25(33)31-15-13-30(14-16-31)18-24(32)29-23-12-6-4-10-21(23)26(34)28-20-8-2-3-9-20/h1,4-7,10-12,20H,2-3,8-9,13-18H2,(H,28,34)(H,29,32). The Labute approximate surface area is 205 Å². The molecule has 1 aliphatic heterocycles. The van der Waals surface area contributed by atoms with Crippen molar-refractivity contribution in [3.05, 3.63) is 64.7 Å². The number of hydrogen-bond acceptors (Lipinski definition) is 4. The molecule has 8 heteroatoms. The largest absolute Gasteiger partial charge is 0.349 e. The highest BCUT2D eigenvalue weighted by Gasteiger charge is 2.24. The van der Waals surface area contributed by atoms with Crippen LogP contribution in [0.3, 0.4) is 0 Å². The zero-order chi connectivity index (χ0) is 23.9. The molecule has 1 saturated heterocycles. The Hall–Kier alpha value is -2.90. The smallest absolute Gasteiger partial charge is 0.253 e. The van der Waals surface area contributed by atoms with Crippen LogP contribution in [0.4, 0.5) is 5.69 Å². The summed E-state index contributed by atoms with van der Waals surface area (Å²) in [7, 11) is 0. The number of carbonyl (C=O) groups is 3. The predicted molar refractivity (Wildman–Crippen MR) is 133 cm³/mol. The minimum atomic E-state index is -0.169. The molecule has 3 amide bonds. The number of para-hydroxylation sites is 1. The van der Waals surface area contributed by atoms with Crippen LogP contribution in [-0.2, 0) is 16.0 Å². The summed E-state index contributed by atoms with van der Waals surface area (Å²) in [6, 6.07) is 14.7. The van der Waals surface area contributed by atoms with E-state index in [1.807, 2.05) is 34.1 Å². The summed E-state index contributed by atoms with van der Waals surface area (Å²) < 4.78 is 0. The van der Waals surface area contributed by atoms with E-state index in [0.717, 1.165) is 31.2 Å². The molecule has 0 aromatic heterocycles. The van der Waals surface area contributed by atoms with E-state index in [1.54, 1.807) is 24.3 Å². The lowest BCUT2D eigenvalue weighted by Gasteiger charge is -2.34. The Balaban J connectivity index is 1.26. The van der Waals surface area contributed by atoms with Gasteiger partial charge in [-0.15, -0.1) is 0 Å². The number of piperazine rings is 1. The van der Waals surface area contributed by atoms with Gasteiger partial charge in [0.1, 0.15) is 0 Å². The number of halogens is 1. The molecule has 4 rings (SSSR count). The summed E-state index contributed by atoms with van der Waals surface area (Å²) >= 11 is 6.18. The van der Waals surface area contributed by atoms with Crippen LogP contribution >= 0.6 is 11.6 Å². The van der Waals surface area contributed by atoms with E-state index in [0.29, 0.717) is 42.5 Å². The molecule has 2 aromatic rings. The molecule has 7 nitrogen and oxygen atoms in total. The van der Waals surface area contributed by atoms with Gasteiger partial charge >= 0.3 is 0 Å². The van der Waals surface area contributed by atoms with Crippen molar-refractivity contribution in [1.82, 2.24) is 15.1 Å². The molecule has 1 saturated carbocycles. The molecule has 1 aliphatic carbocycles. The Morgan fingerprint density at radius 2 is 1.59 bits per heavy atom. The summed E-state index contributed by atoms with van der Waals surface area (Å²) in [5, 5.41) is 6.58. The molecule has 0 atom stereocenters. The lowest BCUT2D eigenvalue weighted by molar-refractivity contribution is -0.132. The van der Waals surface area contributed by atoms with Crippen LogP contribution in [0.1, 0.15) is 41.6 Å². The SMILES string of the molecule is O=C(CN1CCN(C(=O)Cc2ccccc2Cl)CC1)Nc1ccccc1C(=O)NC1CCCC1. The predicted octanol–water partition coefficient (Wildman–Crippen LogP) is 3.34. The van der Waals surface area contributed by atoms with Gasteiger partial charge < -0.3 is 15.5 Å².